The van der Waals surface area contributed by atoms with Gasteiger partial charge in [-0.05, 0) is 73.0 Å². The quantitative estimate of drug-likeness (QED) is 0.168. The number of fused-ring (bicyclic) bond motifs is 4. The van der Waals surface area contributed by atoms with E-state index >= 15 is 0 Å². The van der Waals surface area contributed by atoms with Crippen LogP contribution in [0, 0.1) is 38.3 Å². The summed E-state index contributed by atoms with van der Waals surface area (Å²) in [6.07, 6.45) is 2.19. The summed E-state index contributed by atoms with van der Waals surface area (Å²) in [6.45, 7) is 11.8. The fourth-order valence-electron chi connectivity index (χ4n) is 4.91. The minimum absolute atomic E-state index is 0. The first-order chi connectivity index (χ1) is 21.0. The van der Waals surface area contributed by atoms with Crippen molar-refractivity contribution in [2.75, 3.05) is 0 Å². The van der Waals surface area contributed by atoms with Gasteiger partial charge < -0.3 is 14.4 Å². The van der Waals surface area contributed by atoms with Gasteiger partial charge in [-0.2, -0.15) is 0 Å². The number of thiophene rings is 1. The molecule has 2 aromatic carbocycles. The van der Waals surface area contributed by atoms with Gasteiger partial charge in [0.25, 0.3) is 0 Å². The average molecular weight is 762 g/mol. The van der Waals surface area contributed by atoms with Gasteiger partial charge in [-0.15, -0.1) is 65.4 Å². The number of hydrogen-bond acceptors (Lipinski definition) is 5. The van der Waals surface area contributed by atoms with E-state index in [2.05, 4.69) is 28.2 Å². The second kappa shape index (κ2) is 12.5. The minimum atomic E-state index is -1.46. The zero-order valence-corrected chi connectivity index (χ0v) is 28.2. The van der Waals surface area contributed by atoms with Crippen LogP contribution in [0.4, 0.5) is 0 Å². The monoisotopic (exact) mass is 762 g/mol. The van der Waals surface area contributed by atoms with Crippen LogP contribution in [-0.2, 0) is 26.5 Å². The number of furan rings is 1. The summed E-state index contributed by atoms with van der Waals surface area (Å²) in [6, 6.07) is 28.3. The van der Waals surface area contributed by atoms with Crippen molar-refractivity contribution < 1.29 is 27.3 Å². The van der Waals surface area contributed by atoms with Crippen LogP contribution in [0.5, 0.6) is 0 Å². The molecule has 0 unspecified atom stereocenters. The van der Waals surface area contributed by atoms with Gasteiger partial charge >= 0.3 is 0 Å². The molecule has 5 aromatic heterocycles. The second-order valence-corrected chi connectivity index (χ2v) is 12.5. The summed E-state index contributed by atoms with van der Waals surface area (Å²) in [5, 5.41) is 2.91. The van der Waals surface area contributed by atoms with Gasteiger partial charge in [-0.3, -0.25) is 0 Å². The molecule has 6 heteroatoms. The van der Waals surface area contributed by atoms with Crippen molar-refractivity contribution in [1.82, 2.24) is 15.0 Å². The SMILES string of the molecule is Cc1ccc(-c2[c-]cccc2)nc1.[2H]C([2H])(c1sc2ccnc(-c3[c-]ccc4c3oc3nc(C)ccc34)c2c1C)C(C)(C)C.[Ir]. The summed E-state index contributed by atoms with van der Waals surface area (Å²) in [5.41, 5.74) is 7.37. The number of hydrogen-bond donors (Lipinski definition) is 0. The van der Waals surface area contributed by atoms with Gasteiger partial charge in [0.2, 0.25) is 5.71 Å². The van der Waals surface area contributed by atoms with Crippen LogP contribution in [0.15, 0.2) is 83.5 Å². The van der Waals surface area contributed by atoms with E-state index in [0.717, 1.165) is 59.5 Å². The Labute approximate surface area is 273 Å². The van der Waals surface area contributed by atoms with E-state index in [1.807, 2.05) is 108 Å². The molecule has 5 heterocycles. The Hall–Kier alpha value is -3.70. The van der Waals surface area contributed by atoms with Gasteiger partial charge in [0.1, 0.15) is 0 Å². The van der Waals surface area contributed by atoms with Crippen LogP contribution in [0.2, 0.25) is 0 Å². The smallest absolute Gasteiger partial charge is 0.216 e. The number of rotatable bonds is 3. The Morgan fingerprint density at radius 1 is 0.907 bits per heavy atom. The van der Waals surface area contributed by atoms with Crippen LogP contribution in [0.3, 0.4) is 0 Å². The van der Waals surface area contributed by atoms with E-state index in [9.17, 15) is 0 Å². The van der Waals surface area contributed by atoms with Gasteiger partial charge in [0.05, 0.1) is 5.58 Å². The minimum Gasteiger partial charge on any atom is -0.486 e. The van der Waals surface area contributed by atoms with Gasteiger partial charge in [0, 0.05) is 61.6 Å². The van der Waals surface area contributed by atoms with E-state index < -0.39 is 11.8 Å². The molecule has 0 atom stereocenters. The van der Waals surface area contributed by atoms with Crippen molar-refractivity contribution in [3.8, 4) is 22.5 Å². The van der Waals surface area contributed by atoms with Gasteiger partial charge in [-0.25, -0.2) is 4.98 Å². The first kappa shape index (κ1) is 28.1. The molecule has 0 saturated carbocycles. The fraction of sp³-hybridized carbons (Fsp3) is 0.216. The zero-order valence-electron chi connectivity index (χ0n) is 27.0. The first-order valence-electron chi connectivity index (χ1n) is 14.9. The molecule has 0 aliphatic heterocycles. The van der Waals surface area contributed by atoms with Crippen molar-refractivity contribution in [2.45, 2.75) is 47.9 Å². The number of aryl methyl sites for hydroxylation is 3. The van der Waals surface area contributed by atoms with Crippen molar-refractivity contribution in [2.24, 2.45) is 5.41 Å². The molecule has 0 N–H and O–H groups in total. The molecule has 219 valence electrons. The van der Waals surface area contributed by atoms with Crippen molar-refractivity contribution in [3.05, 3.63) is 113 Å². The van der Waals surface area contributed by atoms with E-state index in [-0.39, 0.29) is 20.1 Å². The van der Waals surface area contributed by atoms with E-state index in [1.54, 1.807) is 6.20 Å². The Kier molecular flexibility index (Phi) is 8.16. The van der Waals surface area contributed by atoms with Crippen LogP contribution >= 0.6 is 11.3 Å². The van der Waals surface area contributed by atoms with Crippen molar-refractivity contribution >= 4 is 43.5 Å². The summed E-state index contributed by atoms with van der Waals surface area (Å²) in [4.78, 5) is 14.3. The molecule has 4 nitrogen and oxygen atoms in total. The number of pyridine rings is 3. The maximum atomic E-state index is 8.81. The van der Waals surface area contributed by atoms with Crippen LogP contribution in [0.1, 0.15) is 45.2 Å². The molecule has 7 aromatic rings. The molecule has 43 heavy (non-hydrogen) atoms. The molecule has 0 bridgehead atoms. The van der Waals surface area contributed by atoms with Crippen molar-refractivity contribution in [1.29, 1.82) is 0 Å². The van der Waals surface area contributed by atoms with E-state index in [1.165, 1.54) is 16.9 Å². The summed E-state index contributed by atoms with van der Waals surface area (Å²) < 4.78 is 24.8. The molecule has 1 radical (unpaired) electrons. The number of nitrogens with zero attached hydrogens (tertiary/aromatic N) is 3. The van der Waals surface area contributed by atoms with Crippen LogP contribution in [-0.4, -0.2) is 15.0 Å². The number of aromatic nitrogens is 3. The van der Waals surface area contributed by atoms with Crippen LogP contribution < -0.4 is 0 Å². The molecule has 0 fully saturated rings. The predicted molar refractivity (Wildman–Crippen MR) is 175 cm³/mol. The average Bonchev–Trinajstić information content (AvgIpc) is 3.55. The molecule has 0 aliphatic rings. The Balaban J connectivity index is 0.000000240. The Bertz CT molecular complexity index is 2110. The summed E-state index contributed by atoms with van der Waals surface area (Å²) >= 11 is 1.51. The third kappa shape index (κ3) is 6.47. The third-order valence-electron chi connectivity index (χ3n) is 6.90. The van der Waals surface area contributed by atoms with Crippen molar-refractivity contribution in [3.63, 3.8) is 0 Å². The summed E-state index contributed by atoms with van der Waals surface area (Å²) in [5.74, 6) is 0. The predicted octanol–water partition coefficient (Wildman–Crippen LogP) is 10.1. The topological polar surface area (TPSA) is 51.8 Å². The Morgan fingerprint density at radius 3 is 2.47 bits per heavy atom. The molecule has 0 spiro atoms. The maximum absolute atomic E-state index is 8.81. The standard InChI is InChI=1S/C25H23N2OS.C12H10N.Ir/c1-14-9-10-17-16-7-6-8-18(23(16)28-24(17)27-14)22-21-15(2)20(13-25(3,4)5)29-19(21)11-12-26-22;1-10-7-8-12(13-9-10)11-5-3-2-4-6-11;/h6-7,9-12H,13H2,1-5H3;2-5,7-9H,1H3;/q2*-1;/i13D2;;. The molecule has 0 aliphatic carbocycles. The third-order valence-corrected chi connectivity index (χ3v) is 8.07. The summed E-state index contributed by atoms with van der Waals surface area (Å²) in [7, 11) is 0. The van der Waals surface area contributed by atoms with Crippen LogP contribution in [0.25, 0.3) is 54.7 Å². The molecular formula is C37H33IrN3OS-2. The van der Waals surface area contributed by atoms with Gasteiger partial charge in [0.15, 0.2) is 0 Å². The Morgan fingerprint density at radius 2 is 1.74 bits per heavy atom. The van der Waals surface area contributed by atoms with Gasteiger partial charge in [-0.1, -0.05) is 43.9 Å². The molecule has 0 saturated heterocycles. The first-order valence-corrected chi connectivity index (χ1v) is 14.8. The maximum Gasteiger partial charge on any atom is 0.216 e. The zero-order chi connectivity index (χ0) is 31.2. The largest absolute Gasteiger partial charge is 0.486 e. The number of benzene rings is 2. The fourth-order valence-corrected chi connectivity index (χ4v) is 6.22. The molecular weight excluding hydrogens is 727 g/mol. The second-order valence-electron chi connectivity index (χ2n) is 11.5. The van der Waals surface area contributed by atoms with E-state index in [0.29, 0.717) is 11.3 Å². The molecule has 7 rings (SSSR count). The normalized spacial score (nSPS) is 12.4. The molecule has 0 amide bonds. The van der Waals surface area contributed by atoms with E-state index in [4.69, 9.17) is 12.1 Å².